The van der Waals surface area contributed by atoms with Crippen molar-refractivity contribution >= 4 is 40.2 Å². The second-order valence-electron chi connectivity index (χ2n) is 9.35. The number of amides is 1. The first kappa shape index (κ1) is 22.4. The number of fused-ring (bicyclic) bond motifs is 5. The first-order valence-corrected chi connectivity index (χ1v) is 12.6. The van der Waals surface area contributed by atoms with Crippen molar-refractivity contribution in [1.82, 2.24) is 30.5 Å². The monoisotopic (exact) mass is 495 g/mol. The van der Waals surface area contributed by atoms with E-state index in [1.807, 2.05) is 38.2 Å². The molecule has 3 aromatic rings. The molecule has 0 radical (unpaired) electrons. The third kappa shape index (κ3) is 4.39. The average molecular weight is 496 g/mol. The van der Waals surface area contributed by atoms with Gasteiger partial charge in [0.2, 0.25) is 11.9 Å². The Morgan fingerprint density at radius 1 is 1.20 bits per heavy atom. The third-order valence-corrected chi connectivity index (χ3v) is 7.93. The summed E-state index contributed by atoms with van der Waals surface area (Å²) in [5.74, 6) is 0.196. The smallest absolute Gasteiger partial charge is 0.321 e. The molecule has 9 nitrogen and oxygen atoms in total. The molecule has 3 aliphatic rings. The van der Waals surface area contributed by atoms with Gasteiger partial charge < -0.3 is 25.6 Å². The van der Waals surface area contributed by atoms with Gasteiger partial charge in [0.15, 0.2) is 0 Å². The Bertz CT molecular complexity index is 1310. The van der Waals surface area contributed by atoms with E-state index in [0.29, 0.717) is 12.4 Å². The van der Waals surface area contributed by atoms with Crippen LogP contribution in [0.3, 0.4) is 0 Å². The fraction of sp³-hybridized carbons (Fsp3) is 0.417. The van der Waals surface area contributed by atoms with E-state index >= 15 is 0 Å². The van der Waals surface area contributed by atoms with Crippen molar-refractivity contribution in [2.75, 3.05) is 32.0 Å². The van der Waals surface area contributed by atoms with Crippen LogP contribution in [0, 0.1) is 5.95 Å². The number of nitrogens with one attached hydrogen (secondary N) is 3. The van der Waals surface area contributed by atoms with Gasteiger partial charge in [-0.25, -0.2) is 4.98 Å². The standard InChI is InChI=1S/C24H26FN7O2S/c1-12-10-26-21-20-14-3-6-18(28-15(14)4-5-16(20)35-22(21)23(33)27-12)30-19-9-17(25)29-24(31-19)34-13-7-8-32(2)11-13/h3-6,9,12-13,21-22,26H,7-8,10-11H2,1-2H3,(H,27,33)(H,28,29,30,31)/t12-,13?,21?,22?/m1/s1. The number of hydrogen-bond donors (Lipinski definition) is 3. The summed E-state index contributed by atoms with van der Waals surface area (Å²) in [6.07, 6.45) is 0.797. The minimum atomic E-state index is -0.669. The second-order valence-corrected chi connectivity index (χ2v) is 10.5. The highest BCUT2D eigenvalue weighted by Gasteiger charge is 2.41. The summed E-state index contributed by atoms with van der Waals surface area (Å²) in [4.78, 5) is 28.8. The molecule has 1 aromatic carbocycles. The fourth-order valence-corrected chi connectivity index (χ4v) is 6.26. The van der Waals surface area contributed by atoms with Crippen LogP contribution in [0.5, 0.6) is 6.01 Å². The Balaban J connectivity index is 1.26. The number of likely N-dealkylation sites (N-methyl/N-ethyl adjacent to an activating group) is 1. The third-order valence-electron chi connectivity index (χ3n) is 6.58. The van der Waals surface area contributed by atoms with Crippen molar-refractivity contribution in [3.8, 4) is 6.01 Å². The van der Waals surface area contributed by atoms with Gasteiger partial charge in [-0.2, -0.15) is 14.4 Å². The molecule has 0 aliphatic carbocycles. The molecule has 5 heterocycles. The molecule has 0 bridgehead atoms. The molecule has 3 N–H and O–H groups in total. The molecule has 6 rings (SSSR count). The van der Waals surface area contributed by atoms with E-state index in [-0.39, 0.29) is 41.2 Å². The van der Waals surface area contributed by atoms with Crippen LogP contribution in [0.15, 0.2) is 35.2 Å². The van der Waals surface area contributed by atoms with E-state index < -0.39 is 5.95 Å². The van der Waals surface area contributed by atoms with E-state index in [1.54, 1.807) is 11.8 Å². The summed E-state index contributed by atoms with van der Waals surface area (Å²) in [6.45, 7) is 4.39. The highest BCUT2D eigenvalue weighted by molar-refractivity contribution is 8.01. The number of ether oxygens (including phenoxy) is 1. The highest BCUT2D eigenvalue weighted by Crippen LogP contribution is 2.47. The Morgan fingerprint density at radius 3 is 2.91 bits per heavy atom. The van der Waals surface area contributed by atoms with Gasteiger partial charge in [-0.1, -0.05) is 0 Å². The molecule has 35 heavy (non-hydrogen) atoms. The summed E-state index contributed by atoms with van der Waals surface area (Å²) in [5, 5.41) is 10.5. The molecule has 1 amide bonds. The molecule has 4 atom stereocenters. The number of halogens is 1. The van der Waals surface area contributed by atoms with Gasteiger partial charge >= 0.3 is 6.01 Å². The maximum atomic E-state index is 14.2. The van der Waals surface area contributed by atoms with Crippen molar-refractivity contribution in [3.63, 3.8) is 0 Å². The predicted octanol–water partition coefficient (Wildman–Crippen LogP) is 2.61. The van der Waals surface area contributed by atoms with Crippen LogP contribution in [-0.4, -0.2) is 69.8 Å². The first-order chi connectivity index (χ1) is 16.9. The van der Waals surface area contributed by atoms with Gasteiger partial charge in [-0.05, 0) is 50.2 Å². The SMILES string of the molecule is C[C@@H]1CNC2c3c(ccc4nc(Nc5cc(F)nc(OC6CCN(C)C6)n5)ccc34)SC2C(=O)N1. The maximum absolute atomic E-state index is 14.2. The minimum Gasteiger partial charge on any atom is -0.459 e. The Morgan fingerprint density at radius 2 is 2.09 bits per heavy atom. The molecule has 2 fully saturated rings. The number of anilines is 2. The molecular formula is C24H26FN7O2S. The molecule has 11 heteroatoms. The van der Waals surface area contributed by atoms with E-state index in [0.717, 1.165) is 40.9 Å². The van der Waals surface area contributed by atoms with Crippen molar-refractivity contribution in [3.05, 3.63) is 41.8 Å². The van der Waals surface area contributed by atoms with Gasteiger partial charge in [0.1, 0.15) is 23.0 Å². The number of pyridine rings is 1. The highest BCUT2D eigenvalue weighted by atomic mass is 32.2. The van der Waals surface area contributed by atoms with Gasteiger partial charge in [-0.3, -0.25) is 4.79 Å². The fourth-order valence-electron chi connectivity index (χ4n) is 4.93. The number of thioether (sulfide) groups is 1. The molecular weight excluding hydrogens is 469 g/mol. The van der Waals surface area contributed by atoms with Crippen LogP contribution >= 0.6 is 11.8 Å². The van der Waals surface area contributed by atoms with Gasteiger partial charge in [-0.15, -0.1) is 11.8 Å². The van der Waals surface area contributed by atoms with Gasteiger partial charge in [0, 0.05) is 42.0 Å². The minimum absolute atomic E-state index is 0.0152. The Kier molecular flexibility index (Phi) is 5.70. The molecule has 2 saturated heterocycles. The number of aromatic nitrogens is 3. The number of nitrogens with zero attached hydrogens (tertiary/aromatic N) is 4. The second kappa shape index (κ2) is 8.89. The predicted molar refractivity (Wildman–Crippen MR) is 132 cm³/mol. The lowest BCUT2D eigenvalue weighted by Crippen LogP contribution is -2.37. The normalized spacial score (nSPS) is 26.2. The molecule has 3 aliphatic heterocycles. The van der Waals surface area contributed by atoms with Crippen molar-refractivity contribution in [2.45, 2.75) is 41.7 Å². The average Bonchev–Trinajstić information content (AvgIpc) is 3.36. The van der Waals surface area contributed by atoms with E-state index in [1.165, 1.54) is 6.07 Å². The number of benzene rings is 1. The van der Waals surface area contributed by atoms with E-state index in [2.05, 4.69) is 30.8 Å². The van der Waals surface area contributed by atoms with Crippen LogP contribution in [0.2, 0.25) is 0 Å². The van der Waals surface area contributed by atoms with Crippen molar-refractivity contribution in [2.24, 2.45) is 0 Å². The zero-order chi connectivity index (χ0) is 24.1. The lowest BCUT2D eigenvalue weighted by Gasteiger charge is -2.17. The number of likely N-dealkylation sites (tertiary alicyclic amines) is 1. The van der Waals surface area contributed by atoms with Gasteiger partial charge in [0.25, 0.3) is 0 Å². The van der Waals surface area contributed by atoms with Crippen molar-refractivity contribution < 1.29 is 13.9 Å². The molecule has 3 unspecified atom stereocenters. The van der Waals surface area contributed by atoms with Crippen LogP contribution in [0.1, 0.15) is 24.9 Å². The van der Waals surface area contributed by atoms with Crippen LogP contribution in [0.4, 0.5) is 16.0 Å². The zero-order valence-electron chi connectivity index (χ0n) is 19.4. The lowest BCUT2D eigenvalue weighted by molar-refractivity contribution is -0.121. The zero-order valence-corrected chi connectivity index (χ0v) is 20.2. The van der Waals surface area contributed by atoms with Crippen molar-refractivity contribution in [1.29, 1.82) is 0 Å². The topological polar surface area (TPSA) is 104 Å². The first-order valence-electron chi connectivity index (χ1n) is 11.7. The largest absolute Gasteiger partial charge is 0.459 e. The quantitative estimate of drug-likeness (QED) is 0.471. The number of carbonyl (C=O) groups excluding carboxylic acids is 1. The van der Waals surface area contributed by atoms with Crippen LogP contribution in [-0.2, 0) is 4.79 Å². The van der Waals surface area contributed by atoms with E-state index in [4.69, 9.17) is 9.72 Å². The maximum Gasteiger partial charge on any atom is 0.321 e. The van der Waals surface area contributed by atoms with Gasteiger partial charge in [0.05, 0.1) is 11.6 Å². The number of carbonyl (C=O) groups is 1. The summed E-state index contributed by atoms with van der Waals surface area (Å²) < 4.78 is 20.0. The summed E-state index contributed by atoms with van der Waals surface area (Å²) in [7, 11) is 2.02. The molecule has 182 valence electrons. The lowest BCUT2D eigenvalue weighted by atomic mass is 9.98. The van der Waals surface area contributed by atoms with Crippen LogP contribution < -0.4 is 20.7 Å². The Labute approximate surface area is 206 Å². The molecule has 0 spiro atoms. The number of rotatable bonds is 4. The summed E-state index contributed by atoms with van der Waals surface area (Å²) in [5.41, 5.74) is 1.89. The number of hydrogen-bond acceptors (Lipinski definition) is 9. The Hall–Kier alpha value is -3.02. The molecule has 2 aromatic heterocycles. The summed E-state index contributed by atoms with van der Waals surface area (Å²) >= 11 is 1.59. The molecule has 0 saturated carbocycles. The van der Waals surface area contributed by atoms with E-state index in [9.17, 15) is 9.18 Å². The van der Waals surface area contributed by atoms with Crippen LogP contribution in [0.25, 0.3) is 10.9 Å². The summed E-state index contributed by atoms with van der Waals surface area (Å²) in [6, 6.07) is 9.04.